The fourth-order valence-electron chi connectivity index (χ4n) is 1.38. The summed E-state index contributed by atoms with van der Waals surface area (Å²) in [4.78, 5) is 10.9. The molecule has 0 aliphatic heterocycles. The molecule has 0 amide bonds. The predicted molar refractivity (Wildman–Crippen MR) is 57.0 cm³/mol. The molecule has 0 saturated heterocycles. The molecule has 88 valence electrons. The van der Waals surface area contributed by atoms with E-state index in [0.717, 1.165) is 0 Å². The molecule has 0 spiro atoms. The van der Waals surface area contributed by atoms with Gasteiger partial charge in [-0.2, -0.15) is 0 Å². The zero-order valence-electron chi connectivity index (χ0n) is 8.92. The van der Waals surface area contributed by atoms with Crippen LogP contribution in [0.4, 0.5) is 4.39 Å². The van der Waals surface area contributed by atoms with Crippen LogP contribution in [0.2, 0.25) is 0 Å². The van der Waals surface area contributed by atoms with Gasteiger partial charge in [0.1, 0.15) is 11.4 Å². The molecule has 0 atom stereocenters. The number of ether oxygens (including phenoxy) is 1. The van der Waals surface area contributed by atoms with Gasteiger partial charge in [-0.3, -0.25) is 0 Å². The van der Waals surface area contributed by atoms with Crippen molar-refractivity contribution in [2.45, 2.75) is 0 Å². The maximum Gasteiger partial charge on any atom is 0.342 e. The van der Waals surface area contributed by atoms with Gasteiger partial charge in [0.2, 0.25) is 5.88 Å². The van der Waals surface area contributed by atoms with E-state index in [-0.39, 0.29) is 17.3 Å². The van der Waals surface area contributed by atoms with Crippen LogP contribution in [0.3, 0.4) is 0 Å². The Bertz CT molecular complexity index is 548. The number of aromatic nitrogens is 2. The summed E-state index contributed by atoms with van der Waals surface area (Å²) in [6.07, 6.45) is 1.31. The number of aromatic carboxylic acids is 1. The molecule has 0 aliphatic carbocycles. The summed E-state index contributed by atoms with van der Waals surface area (Å²) in [5, 5.41) is 12.8. The summed E-state index contributed by atoms with van der Waals surface area (Å²) in [6, 6.07) is 5.52. The second-order valence-corrected chi connectivity index (χ2v) is 3.28. The summed E-state index contributed by atoms with van der Waals surface area (Å²) in [5.41, 5.74) is 0.508. The second-order valence-electron chi connectivity index (χ2n) is 3.28. The second kappa shape index (κ2) is 4.25. The molecular weight excluding hydrogens is 227 g/mol. The van der Waals surface area contributed by atoms with Gasteiger partial charge >= 0.3 is 5.97 Å². The molecule has 5 nitrogen and oxygen atoms in total. The summed E-state index contributed by atoms with van der Waals surface area (Å²) in [5.74, 6) is -1.48. The van der Waals surface area contributed by atoms with Crippen LogP contribution in [0, 0.1) is 5.82 Å². The molecule has 1 heterocycles. The molecule has 0 unspecified atom stereocenters. The lowest BCUT2D eigenvalue weighted by Crippen LogP contribution is -1.97. The number of methoxy groups -OCH3 is 1. The maximum absolute atomic E-state index is 12.7. The number of benzene rings is 1. The van der Waals surface area contributed by atoms with E-state index >= 15 is 0 Å². The van der Waals surface area contributed by atoms with Gasteiger partial charge in [0.15, 0.2) is 0 Å². The Labute approximate surface area is 96.1 Å². The van der Waals surface area contributed by atoms with Crippen LogP contribution in [0.1, 0.15) is 10.4 Å². The van der Waals surface area contributed by atoms with E-state index in [1.807, 2.05) is 0 Å². The van der Waals surface area contributed by atoms with Crippen molar-refractivity contribution in [3.05, 3.63) is 41.8 Å². The fraction of sp³-hybridized carbons (Fsp3) is 0.0909. The zero-order chi connectivity index (χ0) is 12.4. The van der Waals surface area contributed by atoms with Crippen molar-refractivity contribution in [2.24, 2.45) is 0 Å². The third-order valence-corrected chi connectivity index (χ3v) is 2.20. The Balaban J connectivity index is 2.46. The Morgan fingerprint density at radius 2 is 2.06 bits per heavy atom. The van der Waals surface area contributed by atoms with E-state index in [0.29, 0.717) is 5.69 Å². The quantitative estimate of drug-likeness (QED) is 0.881. The maximum atomic E-state index is 12.7. The molecular formula is C11H9FN2O3. The average molecular weight is 236 g/mol. The molecule has 6 heteroatoms. The fourth-order valence-corrected chi connectivity index (χ4v) is 1.38. The molecule has 0 fully saturated rings. The monoisotopic (exact) mass is 236 g/mol. The van der Waals surface area contributed by atoms with Crippen LogP contribution in [0.15, 0.2) is 30.5 Å². The lowest BCUT2D eigenvalue weighted by atomic mass is 10.3. The minimum atomic E-state index is -1.13. The van der Waals surface area contributed by atoms with Crippen molar-refractivity contribution < 1.29 is 19.0 Å². The summed E-state index contributed by atoms with van der Waals surface area (Å²) in [6.45, 7) is 0. The van der Waals surface area contributed by atoms with Gasteiger partial charge in [-0.05, 0) is 24.3 Å². The highest BCUT2D eigenvalue weighted by Gasteiger charge is 2.16. The lowest BCUT2D eigenvalue weighted by molar-refractivity contribution is 0.0693. The highest BCUT2D eigenvalue weighted by atomic mass is 19.1. The third kappa shape index (κ3) is 2.10. The van der Waals surface area contributed by atoms with Gasteiger partial charge in [-0.1, -0.05) is 0 Å². The Morgan fingerprint density at radius 3 is 2.53 bits per heavy atom. The third-order valence-electron chi connectivity index (χ3n) is 2.20. The standard InChI is InChI=1S/C11H9FN2O3/c1-17-10-9(11(15)16)6-14(13-10)8-4-2-7(12)3-5-8/h2-6H,1H3,(H,15,16). The number of carboxylic acid groups (broad SMARTS) is 1. The van der Waals surface area contributed by atoms with Gasteiger partial charge < -0.3 is 9.84 Å². The first-order valence-corrected chi connectivity index (χ1v) is 4.74. The molecule has 1 aromatic heterocycles. The Morgan fingerprint density at radius 1 is 1.41 bits per heavy atom. The molecule has 0 saturated carbocycles. The minimum Gasteiger partial charge on any atom is -0.479 e. The molecule has 0 radical (unpaired) electrons. The van der Waals surface area contributed by atoms with Crippen LogP contribution in [0.25, 0.3) is 5.69 Å². The van der Waals surface area contributed by atoms with Gasteiger partial charge in [0, 0.05) is 6.20 Å². The lowest BCUT2D eigenvalue weighted by Gasteiger charge is -1.99. The topological polar surface area (TPSA) is 64.4 Å². The van der Waals surface area contributed by atoms with Crippen LogP contribution in [-0.2, 0) is 0 Å². The van der Waals surface area contributed by atoms with Gasteiger partial charge in [-0.15, -0.1) is 5.10 Å². The van der Waals surface area contributed by atoms with Crippen LogP contribution in [-0.4, -0.2) is 28.0 Å². The zero-order valence-corrected chi connectivity index (χ0v) is 8.92. The van der Waals surface area contributed by atoms with Crippen molar-refractivity contribution in [1.82, 2.24) is 9.78 Å². The first-order valence-electron chi connectivity index (χ1n) is 4.74. The normalized spacial score (nSPS) is 10.2. The summed E-state index contributed by atoms with van der Waals surface area (Å²) >= 11 is 0. The number of carbonyl (C=O) groups is 1. The van der Waals surface area contributed by atoms with Crippen molar-refractivity contribution in [3.8, 4) is 11.6 Å². The van der Waals surface area contributed by atoms with Crippen molar-refractivity contribution in [2.75, 3.05) is 7.11 Å². The highest BCUT2D eigenvalue weighted by Crippen LogP contribution is 2.18. The molecule has 2 rings (SSSR count). The number of halogens is 1. The number of rotatable bonds is 3. The van der Waals surface area contributed by atoms with Gasteiger partial charge in [0.25, 0.3) is 0 Å². The number of nitrogens with zero attached hydrogens (tertiary/aromatic N) is 2. The van der Waals surface area contributed by atoms with E-state index in [1.165, 1.54) is 42.3 Å². The van der Waals surface area contributed by atoms with Crippen LogP contribution in [0.5, 0.6) is 5.88 Å². The molecule has 0 bridgehead atoms. The molecule has 17 heavy (non-hydrogen) atoms. The van der Waals surface area contributed by atoms with E-state index < -0.39 is 5.97 Å². The Hall–Kier alpha value is -2.37. The van der Waals surface area contributed by atoms with Crippen LogP contribution >= 0.6 is 0 Å². The van der Waals surface area contributed by atoms with Crippen molar-refractivity contribution >= 4 is 5.97 Å². The first-order chi connectivity index (χ1) is 8.11. The van der Waals surface area contributed by atoms with E-state index in [4.69, 9.17) is 9.84 Å². The number of hydrogen-bond acceptors (Lipinski definition) is 3. The van der Waals surface area contributed by atoms with E-state index in [2.05, 4.69) is 5.10 Å². The average Bonchev–Trinajstić information content (AvgIpc) is 2.74. The Kier molecular flexibility index (Phi) is 2.78. The largest absolute Gasteiger partial charge is 0.479 e. The molecule has 1 aromatic carbocycles. The highest BCUT2D eigenvalue weighted by molar-refractivity contribution is 5.90. The first kappa shape index (κ1) is 11.1. The van der Waals surface area contributed by atoms with Crippen molar-refractivity contribution in [3.63, 3.8) is 0 Å². The van der Waals surface area contributed by atoms with Gasteiger partial charge in [0.05, 0.1) is 12.8 Å². The SMILES string of the molecule is COc1nn(-c2ccc(F)cc2)cc1C(=O)O. The minimum absolute atomic E-state index is 0.0156. The summed E-state index contributed by atoms with van der Waals surface area (Å²) in [7, 11) is 1.34. The molecule has 2 aromatic rings. The van der Waals surface area contributed by atoms with Gasteiger partial charge in [-0.25, -0.2) is 13.9 Å². The summed E-state index contributed by atoms with van der Waals surface area (Å²) < 4.78 is 18.9. The smallest absolute Gasteiger partial charge is 0.342 e. The van der Waals surface area contributed by atoms with E-state index in [9.17, 15) is 9.18 Å². The number of carboxylic acids is 1. The molecule has 1 N–H and O–H groups in total. The predicted octanol–water partition coefficient (Wildman–Crippen LogP) is 1.72. The number of hydrogen-bond donors (Lipinski definition) is 1. The van der Waals surface area contributed by atoms with Crippen LogP contribution < -0.4 is 4.74 Å². The van der Waals surface area contributed by atoms with E-state index in [1.54, 1.807) is 0 Å². The molecule has 0 aliphatic rings. The van der Waals surface area contributed by atoms with Crippen molar-refractivity contribution in [1.29, 1.82) is 0 Å².